The number of benzene rings is 2. The molecule has 0 bridgehead atoms. The van der Waals surface area contributed by atoms with Crippen LogP contribution in [0.15, 0.2) is 42.5 Å². The minimum Gasteiger partial charge on any atom is -0.312 e. The molecule has 0 saturated carbocycles. The predicted molar refractivity (Wildman–Crippen MR) is 116 cm³/mol. The van der Waals surface area contributed by atoms with Crippen LogP contribution in [0.3, 0.4) is 0 Å². The summed E-state index contributed by atoms with van der Waals surface area (Å²) in [6, 6.07) is 14.1. The number of fused-ring (bicyclic) bond motifs is 2. The van der Waals surface area contributed by atoms with Gasteiger partial charge in [0.15, 0.2) is 5.78 Å². The zero-order valence-corrected chi connectivity index (χ0v) is 17.5. The molecule has 30 heavy (non-hydrogen) atoms. The van der Waals surface area contributed by atoms with E-state index in [0.29, 0.717) is 19.6 Å². The highest BCUT2D eigenvalue weighted by atomic mass is 16.7. The van der Waals surface area contributed by atoms with E-state index < -0.39 is 0 Å². The number of amides is 1. The number of nitrogens with zero attached hydrogens (tertiary/aromatic N) is 2. The zero-order chi connectivity index (χ0) is 20.9. The van der Waals surface area contributed by atoms with Crippen LogP contribution in [-0.2, 0) is 29.1 Å². The number of hydrogen-bond acceptors (Lipinski definition) is 5. The number of carbonyl (C=O) groups excluding carboxylic acids is 2. The Kier molecular flexibility index (Phi) is 6.57. The van der Waals surface area contributed by atoms with E-state index in [0.717, 1.165) is 55.6 Å². The quantitative estimate of drug-likeness (QED) is 0.563. The molecular weight excluding hydrogens is 378 g/mol. The first-order valence-corrected chi connectivity index (χ1v) is 10.8. The van der Waals surface area contributed by atoms with Crippen LogP contribution in [0, 0.1) is 0 Å². The molecule has 0 fully saturated rings. The molecule has 0 aromatic heterocycles. The average Bonchev–Trinajstić information content (AvgIpc) is 3.08. The lowest BCUT2D eigenvalue weighted by atomic mass is 10.0. The van der Waals surface area contributed by atoms with Crippen LogP contribution >= 0.6 is 0 Å². The van der Waals surface area contributed by atoms with Crippen LogP contribution in [0.5, 0.6) is 0 Å². The second-order valence-electron chi connectivity index (χ2n) is 7.95. The fraction of sp³-hybridized carbons (Fsp3) is 0.417. The summed E-state index contributed by atoms with van der Waals surface area (Å²) in [5.74, 6) is 0.221. The lowest BCUT2D eigenvalue weighted by Gasteiger charge is -2.20. The molecule has 2 heterocycles. The molecule has 2 aromatic rings. The summed E-state index contributed by atoms with van der Waals surface area (Å²) in [5, 5.41) is 1.82. The number of hydrogen-bond donors (Lipinski definition) is 1. The SMILES string of the molecule is CC(=O)N1CCc2cc(C(=O)CCCCNN3CCc4ccccc4CO3)ccc21. The topological polar surface area (TPSA) is 61.9 Å². The Morgan fingerprint density at radius 3 is 2.63 bits per heavy atom. The summed E-state index contributed by atoms with van der Waals surface area (Å²) in [6.45, 7) is 4.46. The molecule has 6 heteroatoms. The van der Waals surface area contributed by atoms with Crippen molar-refractivity contribution >= 4 is 17.4 Å². The summed E-state index contributed by atoms with van der Waals surface area (Å²) in [7, 11) is 0. The Labute approximate surface area is 177 Å². The third-order valence-corrected chi connectivity index (χ3v) is 5.87. The largest absolute Gasteiger partial charge is 0.312 e. The second-order valence-corrected chi connectivity index (χ2v) is 7.95. The van der Waals surface area contributed by atoms with Gasteiger partial charge in [-0.25, -0.2) is 5.43 Å². The average molecular weight is 408 g/mol. The highest BCUT2D eigenvalue weighted by molar-refractivity contribution is 5.98. The number of ketones is 1. The molecule has 1 amide bonds. The zero-order valence-electron chi connectivity index (χ0n) is 17.5. The predicted octanol–water partition coefficient (Wildman–Crippen LogP) is 3.44. The lowest BCUT2D eigenvalue weighted by Crippen LogP contribution is -2.38. The molecule has 6 nitrogen and oxygen atoms in total. The minimum atomic E-state index is 0.0533. The number of nitrogens with one attached hydrogen (secondary N) is 1. The van der Waals surface area contributed by atoms with Crippen LogP contribution in [-0.4, -0.2) is 36.5 Å². The summed E-state index contributed by atoms with van der Waals surface area (Å²) in [6.07, 6.45) is 4.04. The maximum absolute atomic E-state index is 12.6. The molecule has 0 spiro atoms. The van der Waals surface area contributed by atoms with Gasteiger partial charge in [-0.1, -0.05) is 24.3 Å². The number of carbonyl (C=O) groups is 2. The van der Waals surface area contributed by atoms with Crippen LogP contribution in [0.25, 0.3) is 0 Å². The van der Waals surface area contributed by atoms with Gasteiger partial charge in [-0.15, -0.1) is 5.17 Å². The third-order valence-electron chi connectivity index (χ3n) is 5.87. The second kappa shape index (κ2) is 9.51. The molecule has 2 aliphatic heterocycles. The van der Waals surface area contributed by atoms with E-state index in [9.17, 15) is 9.59 Å². The van der Waals surface area contributed by atoms with Gasteiger partial charge in [0.1, 0.15) is 0 Å². The third kappa shape index (κ3) is 4.78. The van der Waals surface area contributed by atoms with Crippen LogP contribution in [0.2, 0.25) is 0 Å². The van der Waals surface area contributed by atoms with Crippen LogP contribution in [0.4, 0.5) is 5.69 Å². The highest BCUT2D eigenvalue weighted by Crippen LogP contribution is 2.29. The number of rotatable bonds is 7. The first-order chi connectivity index (χ1) is 14.6. The Bertz CT molecular complexity index is 901. The molecular formula is C24H29N3O3. The van der Waals surface area contributed by atoms with Crippen molar-refractivity contribution < 1.29 is 14.4 Å². The van der Waals surface area contributed by atoms with Gasteiger partial charge in [0.25, 0.3) is 0 Å². The fourth-order valence-electron chi connectivity index (χ4n) is 4.16. The first kappa shape index (κ1) is 20.7. The molecule has 0 radical (unpaired) electrons. The fourth-order valence-corrected chi connectivity index (χ4v) is 4.16. The standard InChI is InChI=1S/C24H29N3O3/c1-18(28)26-14-11-20-16-21(9-10-23(20)26)24(29)8-4-5-13-25-27-15-12-19-6-2-3-7-22(19)17-30-27/h2-3,6-7,9-10,16,25H,4-5,8,11-15,17H2,1H3. The van der Waals surface area contributed by atoms with E-state index in [1.54, 1.807) is 11.8 Å². The smallest absolute Gasteiger partial charge is 0.223 e. The molecule has 1 N–H and O–H groups in total. The Morgan fingerprint density at radius 1 is 1.00 bits per heavy atom. The van der Waals surface area contributed by atoms with E-state index in [1.807, 2.05) is 29.4 Å². The van der Waals surface area contributed by atoms with Crippen molar-refractivity contribution in [3.63, 3.8) is 0 Å². The van der Waals surface area contributed by atoms with Gasteiger partial charge in [0, 0.05) is 44.2 Å². The van der Waals surface area contributed by atoms with E-state index in [2.05, 4.69) is 23.6 Å². The normalized spacial score (nSPS) is 16.1. The van der Waals surface area contributed by atoms with Gasteiger partial charge in [0.05, 0.1) is 6.61 Å². The molecule has 0 aliphatic carbocycles. The molecule has 158 valence electrons. The molecule has 4 rings (SSSR count). The van der Waals surface area contributed by atoms with E-state index in [4.69, 9.17) is 4.84 Å². The van der Waals surface area contributed by atoms with Gasteiger partial charge < -0.3 is 4.90 Å². The van der Waals surface area contributed by atoms with Crippen molar-refractivity contribution in [3.8, 4) is 0 Å². The molecule has 0 atom stereocenters. The van der Waals surface area contributed by atoms with Gasteiger partial charge in [-0.05, 0) is 60.6 Å². The van der Waals surface area contributed by atoms with Crippen LogP contribution in [0.1, 0.15) is 53.2 Å². The van der Waals surface area contributed by atoms with E-state index >= 15 is 0 Å². The monoisotopic (exact) mass is 407 g/mol. The number of hydroxylamine groups is 1. The Morgan fingerprint density at radius 2 is 1.80 bits per heavy atom. The molecule has 2 aromatic carbocycles. The molecule has 0 unspecified atom stereocenters. The number of unbranched alkanes of at least 4 members (excludes halogenated alkanes) is 1. The van der Waals surface area contributed by atoms with Crippen molar-refractivity contribution in [1.82, 2.24) is 10.6 Å². The molecule has 0 saturated heterocycles. The maximum Gasteiger partial charge on any atom is 0.223 e. The van der Waals surface area contributed by atoms with Crippen molar-refractivity contribution in [2.45, 2.75) is 45.6 Å². The van der Waals surface area contributed by atoms with Gasteiger partial charge in [-0.2, -0.15) is 0 Å². The Balaban J connectivity index is 1.18. The maximum atomic E-state index is 12.6. The minimum absolute atomic E-state index is 0.0533. The summed E-state index contributed by atoms with van der Waals surface area (Å²) >= 11 is 0. The van der Waals surface area contributed by atoms with Gasteiger partial charge in [-0.3, -0.25) is 14.4 Å². The number of anilines is 1. The lowest BCUT2D eigenvalue weighted by molar-refractivity contribution is -0.201. The van der Waals surface area contributed by atoms with E-state index in [-0.39, 0.29) is 11.7 Å². The Hall–Kier alpha value is -2.54. The van der Waals surface area contributed by atoms with Crippen molar-refractivity contribution in [1.29, 1.82) is 0 Å². The number of hydrazine groups is 1. The molecule has 2 aliphatic rings. The summed E-state index contributed by atoms with van der Waals surface area (Å²) < 4.78 is 0. The number of Topliss-reactive ketones (excluding diaryl/α,β-unsaturated/α-hetero) is 1. The summed E-state index contributed by atoms with van der Waals surface area (Å²) in [4.78, 5) is 31.8. The van der Waals surface area contributed by atoms with Crippen molar-refractivity contribution in [2.75, 3.05) is 24.5 Å². The highest BCUT2D eigenvalue weighted by Gasteiger charge is 2.23. The van der Waals surface area contributed by atoms with Crippen molar-refractivity contribution in [2.24, 2.45) is 0 Å². The van der Waals surface area contributed by atoms with E-state index in [1.165, 1.54) is 11.1 Å². The van der Waals surface area contributed by atoms with Gasteiger partial charge >= 0.3 is 0 Å². The van der Waals surface area contributed by atoms with Crippen molar-refractivity contribution in [3.05, 3.63) is 64.7 Å². The summed E-state index contributed by atoms with van der Waals surface area (Å²) in [5.41, 5.74) is 8.70. The van der Waals surface area contributed by atoms with Gasteiger partial charge in [0.2, 0.25) is 5.91 Å². The van der Waals surface area contributed by atoms with Crippen LogP contribution < -0.4 is 10.3 Å². The first-order valence-electron chi connectivity index (χ1n) is 10.8.